The summed E-state index contributed by atoms with van der Waals surface area (Å²) in [4.78, 5) is 1.40. The van der Waals surface area contributed by atoms with Gasteiger partial charge in [-0.1, -0.05) is 0 Å². The highest BCUT2D eigenvalue weighted by Gasteiger charge is 2.27. The van der Waals surface area contributed by atoms with Crippen LogP contribution in [0.4, 0.5) is 0 Å². The lowest BCUT2D eigenvalue weighted by Crippen LogP contribution is -2.13. The van der Waals surface area contributed by atoms with Gasteiger partial charge in [0.2, 0.25) is 5.03 Å². The first-order chi connectivity index (χ1) is 5.57. The molecule has 2 N–H and O–H groups in total. The maximum Gasteiger partial charge on any atom is 0.259 e. The topological polar surface area (TPSA) is 90.9 Å². The van der Waals surface area contributed by atoms with Gasteiger partial charge in [-0.3, -0.25) is 0 Å². The fraction of sp³-hybridized carbons (Fsp3) is 0.600. The molecule has 1 aliphatic carbocycles. The molecule has 1 aliphatic rings. The third-order valence-electron chi connectivity index (χ3n) is 1.65. The monoisotopic (exact) mass is 188 g/mol. The minimum atomic E-state index is -3.68. The number of hydrogen-bond donors (Lipinski definition) is 1. The van der Waals surface area contributed by atoms with Gasteiger partial charge in [0.15, 0.2) is 0 Å². The van der Waals surface area contributed by atoms with E-state index in [1.54, 1.807) is 0 Å². The molecule has 1 aromatic rings. The summed E-state index contributed by atoms with van der Waals surface area (Å²) in [6, 6.07) is 0.278. The molecule has 0 amide bonds. The van der Waals surface area contributed by atoms with E-state index < -0.39 is 10.0 Å². The van der Waals surface area contributed by atoms with E-state index in [0.717, 1.165) is 12.8 Å². The summed E-state index contributed by atoms with van der Waals surface area (Å²) in [7, 11) is -3.68. The van der Waals surface area contributed by atoms with Crippen LogP contribution in [0.2, 0.25) is 0 Å². The molecule has 0 radical (unpaired) electrons. The molecular weight excluding hydrogens is 180 g/mol. The highest BCUT2D eigenvalue weighted by molar-refractivity contribution is 7.89. The molecule has 0 unspecified atom stereocenters. The van der Waals surface area contributed by atoms with Crippen LogP contribution in [0.1, 0.15) is 18.9 Å². The van der Waals surface area contributed by atoms with Crippen molar-refractivity contribution in [3.8, 4) is 0 Å². The van der Waals surface area contributed by atoms with Gasteiger partial charge >= 0.3 is 0 Å². The summed E-state index contributed by atoms with van der Waals surface area (Å²) < 4.78 is 21.5. The van der Waals surface area contributed by atoms with Gasteiger partial charge in [0.05, 0.1) is 12.2 Å². The van der Waals surface area contributed by atoms with Crippen molar-refractivity contribution in [3.63, 3.8) is 0 Å². The van der Waals surface area contributed by atoms with Crippen LogP contribution in [0, 0.1) is 0 Å². The number of aromatic nitrogens is 3. The Morgan fingerprint density at radius 1 is 1.58 bits per heavy atom. The number of primary sulfonamides is 1. The van der Waals surface area contributed by atoms with Crippen LogP contribution >= 0.6 is 0 Å². The Morgan fingerprint density at radius 3 is 2.67 bits per heavy atom. The van der Waals surface area contributed by atoms with Crippen LogP contribution in [0.5, 0.6) is 0 Å². The molecule has 0 bridgehead atoms. The number of rotatable bonds is 2. The second kappa shape index (κ2) is 2.27. The third-order valence-corrected chi connectivity index (χ3v) is 2.42. The first kappa shape index (κ1) is 7.69. The fourth-order valence-corrected chi connectivity index (χ4v) is 1.26. The van der Waals surface area contributed by atoms with E-state index in [4.69, 9.17) is 5.14 Å². The van der Waals surface area contributed by atoms with E-state index in [2.05, 4.69) is 10.2 Å². The molecule has 0 spiro atoms. The molecule has 0 atom stereocenters. The molecular formula is C5H8N4O2S. The van der Waals surface area contributed by atoms with Gasteiger partial charge in [0.1, 0.15) is 0 Å². The zero-order valence-electron chi connectivity index (χ0n) is 6.21. The van der Waals surface area contributed by atoms with Gasteiger partial charge < -0.3 is 0 Å². The van der Waals surface area contributed by atoms with Crippen LogP contribution in [0.3, 0.4) is 0 Å². The Balaban J connectivity index is 2.35. The van der Waals surface area contributed by atoms with Crippen LogP contribution in [-0.2, 0) is 10.0 Å². The van der Waals surface area contributed by atoms with Crippen molar-refractivity contribution in [2.45, 2.75) is 23.9 Å². The summed E-state index contributed by atoms with van der Waals surface area (Å²) in [6.07, 6.45) is 3.20. The maximum atomic E-state index is 10.8. The average Bonchev–Trinajstić information content (AvgIpc) is 2.66. The Bertz CT molecular complexity index is 391. The molecule has 1 fully saturated rings. The molecule has 1 saturated carbocycles. The average molecular weight is 188 g/mol. The summed E-state index contributed by atoms with van der Waals surface area (Å²) in [5, 5.41) is 12.2. The predicted molar refractivity (Wildman–Crippen MR) is 39.7 cm³/mol. The molecule has 7 heteroatoms. The van der Waals surface area contributed by atoms with Crippen LogP contribution in [0.25, 0.3) is 0 Å². The summed E-state index contributed by atoms with van der Waals surface area (Å²) in [6.45, 7) is 0. The van der Waals surface area contributed by atoms with E-state index in [1.165, 1.54) is 11.0 Å². The number of hydrogen-bond acceptors (Lipinski definition) is 4. The normalized spacial score (nSPS) is 18.1. The van der Waals surface area contributed by atoms with Crippen molar-refractivity contribution in [1.29, 1.82) is 0 Å². The number of nitrogens with zero attached hydrogens (tertiary/aromatic N) is 3. The molecule has 2 rings (SSSR count). The molecule has 6 nitrogen and oxygen atoms in total. The van der Waals surface area contributed by atoms with E-state index in [0.29, 0.717) is 0 Å². The second-order valence-corrected chi connectivity index (χ2v) is 4.29. The lowest BCUT2D eigenvalue weighted by molar-refractivity contribution is 0.537. The van der Waals surface area contributed by atoms with E-state index in [1.807, 2.05) is 0 Å². The van der Waals surface area contributed by atoms with Crippen molar-refractivity contribution >= 4 is 10.0 Å². The largest absolute Gasteiger partial charge is 0.259 e. The smallest absolute Gasteiger partial charge is 0.223 e. The lowest BCUT2D eigenvalue weighted by Gasteiger charge is -1.91. The van der Waals surface area contributed by atoms with Crippen LogP contribution in [-0.4, -0.2) is 23.4 Å². The summed E-state index contributed by atoms with van der Waals surface area (Å²) in [5.41, 5.74) is 0. The van der Waals surface area contributed by atoms with Gasteiger partial charge in [-0.25, -0.2) is 13.6 Å². The minimum Gasteiger partial charge on any atom is -0.223 e. The maximum absolute atomic E-state index is 10.8. The van der Waals surface area contributed by atoms with E-state index >= 15 is 0 Å². The van der Waals surface area contributed by atoms with E-state index in [9.17, 15) is 8.42 Å². The fourth-order valence-electron chi connectivity index (χ4n) is 0.873. The number of sulfonamides is 1. The zero-order valence-corrected chi connectivity index (χ0v) is 7.03. The molecule has 12 heavy (non-hydrogen) atoms. The Morgan fingerprint density at radius 2 is 2.25 bits per heavy atom. The van der Waals surface area contributed by atoms with Crippen molar-refractivity contribution in [3.05, 3.63) is 6.20 Å². The Labute approximate surface area is 69.4 Å². The van der Waals surface area contributed by atoms with Crippen molar-refractivity contribution in [2.24, 2.45) is 5.14 Å². The third kappa shape index (κ3) is 1.32. The molecule has 1 aromatic heterocycles. The molecule has 66 valence electrons. The molecule has 0 saturated heterocycles. The lowest BCUT2D eigenvalue weighted by atomic mass is 10.8. The SMILES string of the molecule is NS(=O)(=O)c1cnn(C2CC2)n1. The van der Waals surface area contributed by atoms with Gasteiger partial charge in [-0.05, 0) is 12.8 Å². The van der Waals surface area contributed by atoms with Gasteiger partial charge in [-0.2, -0.15) is 9.90 Å². The quantitative estimate of drug-likeness (QED) is 0.661. The Kier molecular flexibility index (Phi) is 1.45. The zero-order chi connectivity index (χ0) is 8.77. The van der Waals surface area contributed by atoms with Gasteiger partial charge in [-0.15, -0.1) is 5.10 Å². The second-order valence-electron chi connectivity index (χ2n) is 2.78. The first-order valence-electron chi connectivity index (χ1n) is 3.52. The minimum absolute atomic E-state index is 0.158. The van der Waals surface area contributed by atoms with Crippen LogP contribution in [0.15, 0.2) is 11.2 Å². The van der Waals surface area contributed by atoms with Crippen molar-refractivity contribution in [1.82, 2.24) is 15.0 Å². The summed E-state index contributed by atoms with van der Waals surface area (Å²) in [5.74, 6) is 0. The van der Waals surface area contributed by atoms with Crippen molar-refractivity contribution in [2.75, 3.05) is 0 Å². The summed E-state index contributed by atoms with van der Waals surface area (Å²) >= 11 is 0. The van der Waals surface area contributed by atoms with E-state index in [-0.39, 0.29) is 11.1 Å². The van der Waals surface area contributed by atoms with Gasteiger partial charge in [0.25, 0.3) is 10.0 Å². The highest BCUT2D eigenvalue weighted by atomic mass is 32.2. The Hall–Kier alpha value is -0.950. The molecule has 0 aromatic carbocycles. The number of nitrogens with two attached hydrogens (primary N) is 1. The highest BCUT2D eigenvalue weighted by Crippen LogP contribution is 2.33. The predicted octanol–water partition coefficient (Wildman–Crippen LogP) is -0.740. The standard InChI is InChI=1S/C5H8N4O2S/c6-12(10,11)5-3-7-9(8-5)4-1-2-4/h3-4H,1-2H2,(H2,6,10,11). The molecule has 0 aliphatic heterocycles. The van der Waals surface area contributed by atoms with Gasteiger partial charge in [0, 0.05) is 0 Å². The molecule has 1 heterocycles. The first-order valence-corrected chi connectivity index (χ1v) is 5.06. The van der Waals surface area contributed by atoms with Crippen LogP contribution < -0.4 is 5.14 Å². The van der Waals surface area contributed by atoms with Crippen molar-refractivity contribution < 1.29 is 8.42 Å².